The minimum Gasteiger partial charge on any atom is -0.326 e. The Morgan fingerprint density at radius 1 is 1.06 bits per heavy atom. The molecule has 156 valence electrons. The Kier molecular flexibility index (Phi) is 5.50. The van der Waals surface area contributed by atoms with E-state index < -0.39 is 5.91 Å². The first kappa shape index (κ1) is 20.3. The topological polar surface area (TPSA) is 111 Å². The van der Waals surface area contributed by atoms with E-state index in [9.17, 15) is 14.4 Å². The maximum Gasteiger partial charge on any atom is 0.264 e. The molecule has 4 rings (SSSR count). The van der Waals surface area contributed by atoms with Crippen LogP contribution in [0.5, 0.6) is 0 Å². The number of rotatable bonds is 5. The Hall–Kier alpha value is -3.98. The van der Waals surface area contributed by atoms with Gasteiger partial charge >= 0.3 is 0 Å². The van der Waals surface area contributed by atoms with E-state index in [0.29, 0.717) is 27.7 Å². The van der Waals surface area contributed by atoms with Crippen molar-refractivity contribution in [3.8, 4) is 5.69 Å². The summed E-state index contributed by atoms with van der Waals surface area (Å²) in [4.78, 5) is 40.6. The monoisotopic (exact) mass is 436 g/mol. The highest BCUT2D eigenvalue weighted by molar-refractivity contribution is 6.30. The van der Waals surface area contributed by atoms with Crippen molar-refractivity contribution >= 4 is 45.8 Å². The van der Waals surface area contributed by atoms with Crippen LogP contribution in [0.25, 0.3) is 16.7 Å². The fourth-order valence-corrected chi connectivity index (χ4v) is 3.24. The summed E-state index contributed by atoms with van der Waals surface area (Å²) in [6.07, 6.45) is 2.73. The van der Waals surface area contributed by atoms with Gasteiger partial charge in [-0.3, -0.25) is 19.0 Å². The van der Waals surface area contributed by atoms with Gasteiger partial charge < -0.3 is 10.6 Å². The van der Waals surface area contributed by atoms with E-state index >= 15 is 0 Å². The van der Waals surface area contributed by atoms with Crippen LogP contribution in [-0.2, 0) is 16.1 Å². The summed E-state index contributed by atoms with van der Waals surface area (Å²) in [5.41, 5.74) is 1.82. The average Bonchev–Trinajstić information content (AvgIpc) is 3.16. The molecule has 0 radical (unpaired) electrons. The second kappa shape index (κ2) is 8.41. The van der Waals surface area contributed by atoms with Crippen molar-refractivity contribution in [2.24, 2.45) is 0 Å². The number of nitrogens with one attached hydrogen (secondary N) is 2. The first-order chi connectivity index (χ1) is 14.9. The van der Waals surface area contributed by atoms with E-state index in [-0.39, 0.29) is 23.4 Å². The molecular formula is C21H17ClN6O3. The number of anilines is 2. The summed E-state index contributed by atoms with van der Waals surface area (Å²) in [5.74, 6) is -0.574. The average molecular weight is 437 g/mol. The van der Waals surface area contributed by atoms with Crippen molar-refractivity contribution in [2.45, 2.75) is 13.5 Å². The van der Waals surface area contributed by atoms with Crippen LogP contribution < -0.4 is 16.2 Å². The minimum atomic E-state index is -0.391. The quantitative estimate of drug-likeness (QED) is 0.499. The van der Waals surface area contributed by atoms with Gasteiger partial charge in [0.25, 0.3) is 5.56 Å². The Morgan fingerprint density at radius 3 is 2.45 bits per heavy atom. The molecule has 4 aromatic rings. The Balaban J connectivity index is 1.52. The molecule has 0 unspecified atom stereocenters. The van der Waals surface area contributed by atoms with Gasteiger partial charge in [-0.1, -0.05) is 17.7 Å². The largest absolute Gasteiger partial charge is 0.326 e. The predicted molar refractivity (Wildman–Crippen MR) is 118 cm³/mol. The molecule has 0 spiro atoms. The predicted octanol–water partition coefficient (Wildman–Crippen LogP) is 2.83. The van der Waals surface area contributed by atoms with E-state index in [2.05, 4.69) is 20.7 Å². The molecule has 2 aromatic carbocycles. The van der Waals surface area contributed by atoms with Crippen molar-refractivity contribution < 1.29 is 9.59 Å². The van der Waals surface area contributed by atoms with Gasteiger partial charge in [-0.25, -0.2) is 9.67 Å². The smallest absolute Gasteiger partial charge is 0.264 e. The maximum atomic E-state index is 12.8. The molecule has 0 aliphatic rings. The number of aromatic nitrogens is 4. The number of benzene rings is 2. The molecular weight excluding hydrogens is 420 g/mol. The number of nitrogens with zero attached hydrogens (tertiary/aromatic N) is 4. The molecule has 9 nitrogen and oxygen atoms in total. The van der Waals surface area contributed by atoms with Gasteiger partial charge in [0, 0.05) is 23.3 Å². The third-order valence-electron chi connectivity index (χ3n) is 4.41. The lowest BCUT2D eigenvalue weighted by Crippen LogP contribution is -2.27. The molecule has 31 heavy (non-hydrogen) atoms. The van der Waals surface area contributed by atoms with Gasteiger partial charge in [-0.05, 0) is 42.5 Å². The number of halogens is 1. The zero-order chi connectivity index (χ0) is 22.0. The van der Waals surface area contributed by atoms with Crippen LogP contribution in [0.15, 0.2) is 65.8 Å². The van der Waals surface area contributed by atoms with Crippen LogP contribution in [0.2, 0.25) is 5.02 Å². The highest BCUT2D eigenvalue weighted by atomic mass is 35.5. The van der Waals surface area contributed by atoms with E-state index in [1.807, 2.05) is 0 Å². The third kappa shape index (κ3) is 4.46. The minimum absolute atomic E-state index is 0.183. The number of amides is 2. The molecule has 0 aliphatic carbocycles. The zero-order valence-corrected chi connectivity index (χ0v) is 17.1. The second-order valence-electron chi connectivity index (χ2n) is 6.76. The molecule has 2 N–H and O–H groups in total. The maximum absolute atomic E-state index is 12.8. The van der Waals surface area contributed by atoms with Gasteiger partial charge in [0.15, 0.2) is 5.65 Å². The van der Waals surface area contributed by atoms with Gasteiger partial charge in [0.1, 0.15) is 18.3 Å². The van der Waals surface area contributed by atoms with Gasteiger partial charge in [0.2, 0.25) is 11.8 Å². The van der Waals surface area contributed by atoms with Crippen molar-refractivity contribution in [3.05, 3.63) is 76.4 Å². The molecule has 0 bridgehead atoms. The van der Waals surface area contributed by atoms with Crippen molar-refractivity contribution in [3.63, 3.8) is 0 Å². The standard InChI is InChI=1S/C21H17ClN6O3/c1-13(29)25-15-5-7-16(8-6-15)26-19(30)11-27-12-23-20-18(21(27)31)10-24-28(20)17-4-2-3-14(22)9-17/h2-10,12H,11H2,1H3,(H,25,29)(H,26,30). The molecule has 2 heterocycles. The van der Waals surface area contributed by atoms with Crippen LogP contribution in [0.4, 0.5) is 11.4 Å². The SMILES string of the molecule is CC(=O)Nc1ccc(NC(=O)Cn2cnc3c(cnn3-c3cccc(Cl)c3)c2=O)cc1. The van der Waals surface area contributed by atoms with E-state index in [0.717, 1.165) is 0 Å². The summed E-state index contributed by atoms with van der Waals surface area (Å²) in [6, 6.07) is 13.7. The summed E-state index contributed by atoms with van der Waals surface area (Å²) < 4.78 is 2.73. The van der Waals surface area contributed by atoms with E-state index in [4.69, 9.17) is 11.6 Å². The van der Waals surface area contributed by atoms with Crippen LogP contribution in [-0.4, -0.2) is 31.1 Å². The molecule has 10 heteroatoms. The molecule has 0 atom stereocenters. The first-order valence-corrected chi connectivity index (χ1v) is 9.65. The number of carbonyl (C=O) groups is 2. The number of hydrogen-bond donors (Lipinski definition) is 2. The number of fused-ring (bicyclic) bond motifs is 1. The first-order valence-electron chi connectivity index (χ1n) is 9.27. The van der Waals surface area contributed by atoms with Gasteiger partial charge in [0.05, 0.1) is 11.9 Å². The second-order valence-corrected chi connectivity index (χ2v) is 7.19. The Bertz CT molecular complexity index is 1340. The summed E-state index contributed by atoms with van der Waals surface area (Å²) in [7, 11) is 0. The van der Waals surface area contributed by atoms with Gasteiger partial charge in [-0.2, -0.15) is 5.10 Å². The molecule has 2 aromatic heterocycles. The van der Waals surface area contributed by atoms with Gasteiger partial charge in [-0.15, -0.1) is 0 Å². The Morgan fingerprint density at radius 2 is 1.77 bits per heavy atom. The fourth-order valence-electron chi connectivity index (χ4n) is 3.05. The van der Waals surface area contributed by atoms with Crippen molar-refractivity contribution in [1.29, 1.82) is 0 Å². The third-order valence-corrected chi connectivity index (χ3v) is 4.65. The summed E-state index contributed by atoms with van der Waals surface area (Å²) in [5, 5.41) is 10.4. The highest BCUT2D eigenvalue weighted by Crippen LogP contribution is 2.18. The molecule has 2 amide bonds. The zero-order valence-electron chi connectivity index (χ0n) is 16.4. The van der Waals surface area contributed by atoms with Crippen LogP contribution in [0, 0.1) is 0 Å². The summed E-state index contributed by atoms with van der Waals surface area (Å²) in [6.45, 7) is 1.20. The number of hydrogen-bond acceptors (Lipinski definition) is 5. The molecule has 0 fully saturated rings. The lowest BCUT2D eigenvalue weighted by molar-refractivity contribution is -0.117. The number of carbonyl (C=O) groups excluding carboxylic acids is 2. The van der Waals surface area contributed by atoms with Crippen LogP contribution in [0.1, 0.15) is 6.92 Å². The molecule has 0 aliphatic heterocycles. The highest BCUT2D eigenvalue weighted by Gasteiger charge is 2.13. The molecule has 0 saturated heterocycles. The van der Waals surface area contributed by atoms with Crippen LogP contribution in [0.3, 0.4) is 0 Å². The summed E-state index contributed by atoms with van der Waals surface area (Å²) >= 11 is 6.03. The van der Waals surface area contributed by atoms with E-state index in [1.54, 1.807) is 48.5 Å². The van der Waals surface area contributed by atoms with Crippen molar-refractivity contribution in [1.82, 2.24) is 19.3 Å². The Labute approximate surface area is 181 Å². The lowest BCUT2D eigenvalue weighted by Gasteiger charge is -2.09. The van der Waals surface area contributed by atoms with Crippen molar-refractivity contribution in [2.75, 3.05) is 10.6 Å². The lowest BCUT2D eigenvalue weighted by atomic mass is 10.2. The van der Waals surface area contributed by atoms with Crippen LogP contribution >= 0.6 is 11.6 Å². The fraction of sp³-hybridized carbons (Fsp3) is 0.0952. The normalized spacial score (nSPS) is 10.8. The molecule has 0 saturated carbocycles. The van der Waals surface area contributed by atoms with E-state index in [1.165, 1.54) is 28.7 Å².